The summed E-state index contributed by atoms with van der Waals surface area (Å²) in [5, 5.41) is 25.1. The zero-order chi connectivity index (χ0) is 60.2. The van der Waals surface area contributed by atoms with Crippen LogP contribution >= 0.6 is 0 Å². The first-order valence-electron chi connectivity index (χ1n) is 28.1. The fraction of sp³-hybridized carbons (Fsp3) is 0.400. The number of carbonyl (C=O) groups excluding carboxylic acids is 8. The van der Waals surface area contributed by atoms with Crippen LogP contribution in [0.1, 0.15) is 53.1 Å². The molecule has 1 fully saturated rings. The summed E-state index contributed by atoms with van der Waals surface area (Å²) in [7, 11) is 0. The Morgan fingerprint density at radius 3 is 2.13 bits per heavy atom. The summed E-state index contributed by atoms with van der Waals surface area (Å²) in [5.74, 6) is -4.89. The van der Waals surface area contributed by atoms with Gasteiger partial charge in [-0.3, -0.25) is 48.2 Å². The van der Waals surface area contributed by atoms with Crippen molar-refractivity contribution in [3.05, 3.63) is 135 Å². The molecule has 0 spiro atoms. The first-order valence-corrected chi connectivity index (χ1v) is 28.1. The highest BCUT2D eigenvalue weighted by molar-refractivity contribution is 6.12. The third-order valence-electron chi connectivity index (χ3n) is 15.2. The van der Waals surface area contributed by atoms with Crippen molar-refractivity contribution in [3.63, 3.8) is 0 Å². The van der Waals surface area contributed by atoms with E-state index < -0.39 is 72.6 Å². The molecule has 0 radical (unpaired) electrons. The highest BCUT2D eigenvalue weighted by Crippen LogP contribution is 2.41. The Balaban J connectivity index is 0.696. The SMILES string of the molecule is CC[C@@]1(O)C(=O)OCc2c1cc1n(c2=O)Cc2c-1nc1cc(F)c(C)cc1c2CN1CCN(c2ccc(NC(=O)CNC(=O)C(Cc3ccccc3)NC(=O)CNC(=O)CNC(=O)CCOCCOCCOCCN3C(=O)C=CC3=O)cc2)CC1. The molecule has 6 heterocycles. The van der Waals surface area contributed by atoms with E-state index in [1.807, 2.05) is 12.1 Å². The van der Waals surface area contributed by atoms with E-state index in [2.05, 4.69) is 36.4 Å². The molecule has 448 valence electrons. The number of imide groups is 1. The van der Waals surface area contributed by atoms with E-state index >= 15 is 4.39 Å². The Kier molecular flexibility index (Phi) is 19.9. The van der Waals surface area contributed by atoms with Crippen LogP contribution in [-0.2, 0) is 89.0 Å². The van der Waals surface area contributed by atoms with Gasteiger partial charge in [-0.05, 0) is 66.4 Å². The molecule has 0 saturated carbocycles. The number of aliphatic hydroxyl groups is 1. The number of anilines is 2. The number of aryl methyl sites for hydroxylation is 1. The van der Waals surface area contributed by atoms with Crippen LogP contribution in [0.25, 0.3) is 22.3 Å². The number of aromatic nitrogens is 2. The minimum atomic E-state index is -1.99. The summed E-state index contributed by atoms with van der Waals surface area (Å²) in [6.45, 7) is 6.47. The van der Waals surface area contributed by atoms with E-state index in [0.29, 0.717) is 60.9 Å². The molecule has 85 heavy (non-hydrogen) atoms. The maximum atomic E-state index is 15.1. The minimum absolute atomic E-state index is 0.00552. The molecule has 7 amide bonds. The Labute approximate surface area is 488 Å². The maximum absolute atomic E-state index is 15.1. The van der Waals surface area contributed by atoms with Crippen LogP contribution in [0.3, 0.4) is 0 Å². The number of benzene rings is 3. The van der Waals surface area contributed by atoms with Crippen LogP contribution in [0.4, 0.5) is 15.8 Å². The van der Waals surface area contributed by atoms with Crippen LogP contribution in [0.5, 0.6) is 0 Å². The average molecular weight is 1170 g/mol. The average Bonchev–Trinajstić information content (AvgIpc) is 1.73. The molecular formula is C60H67FN10O14. The molecule has 2 atom stereocenters. The van der Waals surface area contributed by atoms with Crippen molar-refractivity contribution in [1.29, 1.82) is 0 Å². The Hall–Kier alpha value is -8.75. The third-order valence-corrected chi connectivity index (χ3v) is 15.2. The molecule has 4 aliphatic heterocycles. The molecule has 5 aromatic rings. The fourth-order valence-corrected chi connectivity index (χ4v) is 10.4. The number of piperazine rings is 1. The Morgan fingerprint density at radius 1 is 0.765 bits per heavy atom. The molecule has 2 aromatic heterocycles. The highest BCUT2D eigenvalue weighted by atomic mass is 19.1. The monoisotopic (exact) mass is 1170 g/mol. The number of pyridine rings is 2. The number of nitrogens with one attached hydrogen (secondary N) is 5. The molecule has 9 rings (SSSR count). The zero-order valence-electron chi connectivity index (χ0n) is 47.2. The fourth-order valence-electron chi connectivity index (χ4n) is 10.4. The number of halogens is 1. The largest absolute Gasteiger partial charge is 0.458 e. The second kappa shape index (κ2) is 27.8. The number of rotatable bonds is 27. The van der Waals surface area contributed by atoms with E-state index in [9.17, 15) is 48.3 Å². The second-order valence-electron chi connectivity index (χ2n) is 20.8. The quantitative estimate of drug-likeness (QED) is 0.0240. The number of hydrogen-bond acceptors (Lipinski definition) is 17. The van der Waals surface area contributed by atoms with E-state index in [-0.39, 0.29) is 107 Å². The molecule has 0 bridgehead atoms. The van der Waals surface area contributed by atoms with Crippen LogP contribution in [-0.4, -0.2) is 170 Å². The van der Waals surface area contributed by atoms with Crippen molar-refractivity contribution in [3.8, 4) is 11.4 Å². The number of amides is 7. The van der Waals surface area contributed by atoms with E-state index in [1.165, 1.54) is 18.2 Å². The minimum Gasteiger partial charge on any atom is -0.458 e. The van der Waals surface area contributed by atoms with Crippen molar-refractivity contribution in [2.75, 3.05) is 102 Å². The zero-order valence-corrected chi connectivity index (χ0v) is 47.2. The van der Waals surface area contributed by atoms with Gasteiger partial charge in [0.2, 0.25) is 29.5 Å². The Morgan fingerprint density at radius 2 is 1.42 bits per heavy atom. The maximum Gasteiger partial charge on any atom is 0.343 e. The number of cyclic esters (lactones) is 1. The van der Waals surface area contributed by atoms with Crippen LogP contribution in [0.2, 0.25) is 0 Å². The lowest BCUT2D eigenvalue weighted by Gasteiger charge is -2.36. The van der Waals surface area contributed by atoms with Gasteiger partial charge in [0.25, 0.3) is 17.4 Å². The smallest absolute Gasteiger partial charge is 0.343 e. The van der Waals surface area contributed by atoms with E-state index in [4.69, 9.17) is 23.9 Å². The first-order chi connectivity index (χ1) is 41.0. The first kappa shape index (κ1) is 60.8. The van der Waals surface area contributed by atoms with E-state index in [1.54, 1.807) is 73.0 Å². The lowest BCUT2D eigenvalue weighted by Crippen LogP contribution is -2.52. The third kappa shape index (κ3) is 14.8. The van der Waals surface area contributed by atoms with Gasteiger partial charge in [0, 0.05) is 91.7 Å². The lowest BCUT2D eigenvalue weighted by molar-refractivity contribution is -0.172. The van der Waals surface area contributed by atoms with Crippen molar-refractivity contribution in [2.45, 2.75) is 64.4 Å². The predicted octanol–water partition coefficient (Wildman–Crippen LogP) is 1.23. The summed E-state index contributed by atoms with van der Waals surface area (Å²) in [6, 6.07) is 20.0. The van der Waals surface area contributed by atoms with Crippen molar-refractivity contribution in [2.24, 2.45) is 0 Å². The number of nitrogens with zero attached hydrogens (tertiary/aromatic N) is 5. The normalized spacial score (nSPS) is 16.6. The van der Waals surface area contributed by atoms with Gasteiger partial charge >= 0.3 is 5.97 Å². The van der Waals surface area contributed by atoms with Gasteiger partial charge in [0.05, 0.1) is 94.8 Å². The van der Waals surface area contributed by atoms with Gasteiger partial charge in [-0.15, -0.1) is 0 Å². The molecule has 3 aromatic carbocycles. The molecule has 4 aliphatic rings. The molecule has 25 heteroatoms. The molecule has 0 aliphatic carbocycles. The van der Waals surface area contributed by atoms with Gasteiger partial charge in [0.1, 0.15) is 18.5 Å². The van der Waals surface area contributed by atoms with Crippen molar-refractivity contribution in [1.82, 2.24) is 40.6 Å². The lowest BCUT2D eigenvalue weighted by atomic mass is 9.86. The van der Waals surface area contributed by atoms with Gasteiger partial charge in [-0.25, -0.2) is 14.2 Å². The summed E-state index contributed by atoms with van der Waals surface area (Å²) in [5.41, 5.74) is 3.77. The van der Waals surface area contributed by atoms with Gasteiger partial charge < -0.3 is 60.1 Å². The topological polar surface area (TPSA) is 298 Å². The Bertz CT molecular complexity index is 3440. The van der Waals surface area contributed by atoms with Crippen LogP contribution in [0.15, 0.2) is 89.7 Å². The number of ether oxygens (including phenoxy) is 4. The molecule has 1 unspecified atom stereocenters. The molecule has 24 nitrogen and oxygen atoms in total. The molecular weight excluding hydrogens is 1100 g/mol. The van der Waals surface area contributed by atoms with E-state index in [0.717, 1.165) is 32.7 Å². The van der Waals surface area contributed by atoms with Gasteiger partial charge in [0.15, 0.2) is 5.60 Å². The van der Waals surface area contributed by atoms with Gasteiger partial charge in [-0.2, -0.15) is 0 Å². The van der Waals surface area contributed by atoms with Crippen molar-refractivity contribution < 1.29 is 66.8 Å². The summed E-state index contributed by atoms with van der Waals surface area (Å²) in [4.78, 5) is 125. The number of hydrogen-bond donors (Lipinski definition) is 6. The summed E-state index contributed by atoms with van der Waals surface area (Å²) < 4.78 is 38.1. The van der Waals surface area contributed by atoms with Gasteiger partial charge in [-0.1, -0.05) is 37.3 Å². The highest BCUT2D eigenvalue weighted by Gasteiger charge is 2.45. The predicted molar refractivity (Wildman–Crippen MR) is 306 cm³/mol. The molecule has 1 saturated heterocycles. The molecule has 6 N–H and O–H groups in total. The summed E-state index contributed by atoms with van der Waals surface area (Å²) >= 11 is 0. The summed E-state index contributed by atoms with van der Waals surface area (Å²) in [6.07, 6.45) is 2.47. The second-order valence-corrected chi connectivity index (χ2v) is 20.8. The number of fused-ring (bicyclic) bond motifs is 5. The van der Waals surface area contributed by atoms with Crippen LogP contribution in [0, 0.1) is 12.7 Å². The number of carbonyl (C=O) groups is 8. The van der Waals surface area contributed by atoms with Crippen LogP contribution < -0.4 is 37.0 Å². The standard InChI is InChI=1S/C60H67FN10O14/c1-3-60(81)45-29-49-56-43(35-71(49)58(79)44(45)36-85-59(60)80)42(41-27-37(2)46(61)30-47(41)67-56)34-68-16-18-69(19-17-68)40-11-9-39(10-12-40)65-52(74)33-64-57(78)48(28-38-7-5-4-6-8-38)66-53(75)32-63-51(73)31-62-50(72)15-21-82-23-25-84-26-24-83-22-20-70-54(76)13-14-55(70)77/h4-14,27,29-30,48,81H,3,15-26,28,31-36H2,1-2H3,(H,62,72)(H,63,73)(H,64,78)(H,65,74)(H,66,75)/t48?,60-/m0/s1. The van der Waals surface area contributed by atoms with Crippen molar-refractivity contribution >= 4 is 69.6 Å². The number of esters is 1.